The molecule has 0 unspecified atom stereocenters. The second-order valence-electron chi connectivity index (χ2n) is 7.12. The molecule has 4 rings (SSSR count). The van der Waals surface area contributed by atoms with E-state index in [0.29, 0.717) is 21.8 Å². The highest BCUT2D eigenvalue weighted by Gasteiger charge is 2.19. The molecule has 3 aromatic rings. The van der Waals surface area contributed by atoms with Gasteiger partial charge in [-0.05, 0) is 68.9 Å². The maximum atomic E-state index is 12.4. The number of esters is 1. The summed E-state index contributed by atoms with van der Waals surface area (Å²) in [5.41, 5.74) is 3.37. The van der Waals surface area contributed by atoms with Gasteiger partial charge in [0.15, 0.2) is 18.5 Å². The fourth-order valence-electron chi connectivity index (χ4n) is 3.53. The Labute approximate surface area is 166 Å². The zero-order valence-electron chi connectivity index (χ0n) is 16.1. The van der Waals surface area contributed by atoms with Gasteiger partial charge in [-0.2, -0.15) is 0 Å². The molecule has 0 radical (unpaired) electrons. The third-order valence-electron chi connectivity index (χ3n) is 5.18. The summed E-state index contributed by atoms with van der Waals surface area (Å²) in [7, 11) is 0. The number of aromatic amines is 1. The van der Waals surface area contributed by atoms with Crippen LogP contribution in [0.25, 0.3) is 10.2 Å². The summed E-state index contributed by atoms with van der Waals surface area (Å²) in [5.74, 6) is 0.502. The van der Waals surface area contributed by atoms with Gasteiger partial charge in [-0.25, -0.2) is 9.78 Å². The Morgan fingerprint density at radius 3 is 2.89 bits per heavy atom. The van der Waals surface area contributed by atoms with E-state index in [0.717, 1.165) is 29.7 Å². The molecule has 1 aromatic carbocycles. The number of benzene rings is 1. The number of nitrogens with zero attached hydrogens (tertiary/aromatic N) is 1. The second kappa shape index (κ2) is 7.39. The quantitative estimate of drug-likeness (QED) is 0.662. The van der Waals surface area contributed by atoms with Crippen molar-refractivity contribution in [3.63, 3.8) is 0 Å². The first kappa shape index (κ1) is 18.7. The molecule has 0 bridgehead atoms. The van der Waals surface area contributed by atoms with Crippen LogP contribution in [0.3, 0.4) is 0 Å². The molecule has 7 heteroatoms. The smallest absolute Gasteiger partial charge is 0.344 e. The Kier molecular flexibility index (Phi) is 4.93. The van der Waals surface area contributed by atoms with Crippen molar-refractivity contribution >= 4 is 27.5 Å². The molecule has 1 aliphatic rings. The lowest BCUT2D eigenvalue weighted by Crippen LogP contribution is -2.20. The standard InChI is InChI=1S/C21H22N2O4S/c1-11-13(3)28-21-18(11)20(25)22-19(23-21)12(2)27-17(24)10-26-16-8-7-14-5-4-6-15(14)9-16/h7-9,12H,4-6,10H2,1-3H3,(H,22,23,25)/t12-/m1/s1. The van der Waals surface area contributed by atoms with Crippen LogP contribution in [0, 0.1) is 13.8 Å². The molecule has 6 nitrogen and oxygen atoms in total. The van der Waals surface area contributed by atoms with Gasteiger partial charge in [0.05, 0.1) is 5.39 Å². The molecule has 0 fully saturated rings. The fraction of sp³-hybridized carbons (Fsp3) is 0.381. The second-order valence-corrected chi connectivity index (χ2v) is 8.32. The molecule has 0 aliphatic heterocycles. The summed E-state index contributed by atoms with van der Waals surface area (Å²) in [4.78, 5) is 33.5. The first-order chi connectivity index (χ1) is 13.4. The minimum Gasteiger partial charge on any atom is -0.482 e. The summed E-state index contributed by atoms with van der Waals surface area (Å²) < 4.78 is 11.0. The van der Waals surface area contributed by atoms with Crippen LogP contribution in [-0.4, -0.2) is 22.5 Å². The van der Waals surface area contributed by atoms with E-state index in [1.165, 1.54) is 22.5 Å². The molecular formula is C21H22N2O4S. The van der Waals surface area contributed by atoms with E-state index in [-0.39, 0.29) is 12.2 Å². The predicted octanol–water partition coefficient (Wildman–Crippen LogP) is 3.77. The van der Waals surface area contributed by atoms with Gasteiger partial charge in [-0.15, -0.1) is 11.3 Å². The fourth-order valence-corrected chi connectivity index (χ4v) is 4.57. The Morgan fingerprint density at radius 1 is 1.29 bits per heavy atom. The summed E-state index contributed by atoms with van der Waals surface area (Å²) >= 11 is 1.46. The van der Waals surface area contributed by atoms with Crippen LogP contribution in [0.2, 0.25) is 0 Å². The molecule has 2 heterocycles. The average Bonchev–Trinajstić information content (AvgIpc) is 3.24. The Hall–Kier alpha value is -2.67. The normalized spacial score (nSPS) is 14.1. The molecule has 1 N–H and O–H groups in total. The highest BCUT2D eigenvalue weighted by Crippen LogP contribution is 2.27. The number of carbonyl (C=O) groups is 1. The van der Waals surface area contributed by atoms with E-state index in [9.17, 15) is 9.59 Å². The third kappa shape index (κ3) is 3.54. The SMILES string of the molecule is Cc1sc2nc([C@@H](C)OC(=O)COc3ccc4c(c3)CCC4)[nH]c(=O)c2c1C. The Balaban J connectivity index is 1.42. The topological polar surface area (TPSA) is 81.3 Å². The highest BCUT2D eigenvalue weighted by atomic mass is 32.1. The average molecular weight is 398 g/mol. The van der Waals surface area contributed by atoms with Crippen molar-refractivity contribution in [2.75, 3.05) is 6.61 Å². The van der Waals surface area contributed by atoms with Gasteiger partial charge < -0.3 is 14.5 Å². The molecule has 146 valence electrons. The zero-order chi connectivity index (χ0) is 19.8. The van der Waals surface area contributed by atoms with Crippen LogP contribution in [-0.2, 0) is 22.4 Å². The molecule has 1 atom stereocenters. The lowest BCUT2D eigenvalue weighted by molar-refractivity contribution is -0.151. The van der Waals surface area contributed by atoms with Crippen LogP contribution < -0.4 is 10.3 Å². The molecule has 0 saturated heterocycles. The molecule has 0 saturated carbocycles. The van der Waals surface area contributed by atoms with Gasteiger partial charge in [-0.3, -0.25) is 4.79 Å². The number of nitrogens with one attached hydrogen (secondary N) is 1. The summed E-state index contributed by atoms with van der Waals surface area (Å²) in [6.07, 6.45) is 2.65. The monoisotopic (exact) mass is 398 g/mol. The van der Waals surface area contributed by atoms with E-state index < -0.39 is 12.1 Å². The van der Waals surface area contributed by atoms with E-state index in [1.54, 1.807) is 6.92 Å². The maximum absolute atomic E-state index is 12.4. The van der Waals surface area contributed by atoms with Crippen molar-refractivity contribution < 1.29 is 14.3 Å². The molecule has 0 amide bonds. The van der Waals surface area contributed by atoms with E-state index >= 15 is 0 Å². The zero-order valence-corrected chi connectivity index (χ0v) is 16.9. The van der Waals surface area contributed by atoms with Gasteiger partial charge in [0, 0.05) is 4.88 Å². The summed E-state index contributed by atoms with van der Waals surface area (Å²) in [5, 5.41) is 0.602. The van der Waals surface area contributed by atoms with Gasteiger partial charge in [-0.1, -0.05) is 6.07 Å². The molecular weight excluding hydrogens is 376 g/mol. The van der Waals surface area contributed by atoms with E-state index in [2.05, 4.69) is 16.0 Å². The van der Waals surface area contributed by atoms with Crippen molar-refractivity contribution in [3.8, 4) is 5.75 Å². The number of carbonyl (C=O) groups excluding carboxylic acids is 1. The lowest BCUT2D eigenvalue weighted by atomic mass is 10.1. The van der Waals surface area contributed by atoms with Crippen molar-refractivity contribution in [2.24, 2.45) is 0 Å². The maximum Gasteiger partial charge on any atom is 0.344 e. The number of fused-ring (bicyclic) bond motifs is 2. The van der Waals surface area contributed by atoms with Gasteiger partial charge in [0.1, 0.15) is 10.6 Å². The van der Waals surface area contributed by atoms with Gasteiger partial charge >= 0.3 is 5.97 Å². The number of hydrogen-bond donors (Lipinski definition) is 1. The number of H-pyrrole nitrogens is 1. The van der Waals surface area contributed by atoms with Crippen LogP contribution in [0.5, 0.6) is 5.75 Å². The molecule has 28 heavy (non-hydrogen) atoms. The third-order valence-corrected chi connectivity index (χ3v) is 6.28. The number of hydrogen-bond acceptors (Lipinski definition) is 6. The van der Waals surface area contributed by atoms with Gasteiger partial charge in [0.25, 0.3) is 5.56 Å². The first-order valence-corrected chi connectivity index (χ1v) is 10.2. The number of aromatic nitrogens is 2. The molecule has 1 aliphatic carbocycles. The number of ether oxygens (including phenoxy) is 2. The lowest BCUT2D eigenvalue weighted by Gasteiger charge is -2.13. The van der Waals surface area contributed by atoms with Crippen LogP contribution >= 0.6 is 11.3 Å². The largest absolute Gasteiger partial charge is 0.482 e. The number of aryl methyl sites for hydroxylation is 4. The van der Waals surface area contributed by atoms with Crippen LogP contribution in [0.1, 0.15) is 46.8 Å². The van der Waals surface area contributed by atoms with Gasteiger partial charge in [0.2, 0.25) is 0 Å². The number of thiophene rings is 1. The Morgan fingerprint density at radius 2 is 2.07 bits per heavy atom. The van der Waals surface area contributed by atoms with E-state index in [4.69, 9.17) is 9.47 Å². The van der Waals surface area contributed by atoms with Crippen molar-refractivity contribution in [1.82, 2.24) is 9.97 Å². The van der Waals surface area contributed by atoms with Crippen molar-refractivity contribution in [2.45, 2.75) is 46.1 Å². The van der Waals surface area contributed by atoms with Crippen LogP contribution in [0.15, 0.2) is 23.0 Å². The summed E-state index contributed by atoms with van der Waals surface area (Å²) in [6, 6.07) is 5.93. The highest BCUT2D eigenvalue weighted by molar-refractivity contribution is 7.18. The molecule has 0 spiro atoms. The Bertz CT molecular complexity index is 1120. The van der Waals surface area contributed by atoms with Crippen molar-refractivity contribution in [3.05, 3.63) is 55.9 Å². The van der Waals surface area contributed by atoms with Crippen LogP contribution in [0.4, 0.5) is 0 Å². The predicted molar refractivity (Wildman–Crippen MR) is 108 cm³/mol. The minimum absolute atomic E-state index is 0.188. The van der Waals surface area contributed by atoms with E-state index in [1.807, 2.05) is 26.0 Å². The molecule has 2 aromatic heterocycles. The first-order valence-electron chi connectivity index (χ1n) is 9.36. The number of rotatable bonds is 5. The minimum atomic E-state index is -0.670. The van der Waals surface area contributed by atoms with Crippen molar-refractivity contribution in [1.29, 1.82) is 0 Å². The summed E-state index contributed by atoms with van der Waals surface area (Å²) in [6.45, 7) is 5.36.